The average molecular weight is 438 g/mol. The molecule has 0 radical (unpaired) electrons. The lowest BCUT2D eigenvalue weighted by atomic mass is 10.2. The van der Waals surface area contributed by atoms with Crippen molar-refractivity contribution in [2.45, 2.75) is 26.9 Å². The van der Waals surface area contributed by atoms with E-state index in [0.29, 0.717) is 22.7 Å². The van der Waals surface area contributed by atoms with Gasteiger partial charge in [-0.3, -0.25) is 10.1 Å². The zero-order chi connectivity index (χ0) is 23.5. The quantitative estimate of drug-likeness (QED) is 0.451. The lowest BCUT2D eigenvalue weighted by Crippen LogP contribution is -2.26. The number of ether oxygens (including phenoxy) is 2. The van der Waals surface area contributed by atoms with E-state index in [-0.39, 0.29) is 13.2 Å². The number of isocyanates is 2. The number of nitrogens with one attached hydrogen (secondary N) is 2. The molecule has 0 bridgehead atoms. The van der Waals surface area contributed by atoms with Crippen LogP contribution in [0.15, 0.2) is 46.4 Å². The number of aryl methyl sites for hydroxylation is 2. The SMILES string of the molecule is Cc1ccc(NC(=O)COC(C)COC(=O)Nc2ccc(C)c(N=C=O)c2)cc1N=C=O. The number of nitrogens with zero attached hydrogens (tertiary/aromatic N) is 2. The second-order valence-corrected chi connectivity index (χ2v) is 6.80. The maximum atomic E-state index is 12.1. The van der Waals surface area contributed by atoms with Crippen LogP contribution in [0, 0.1) is 13.8 Å². The van der Waals surface area contributed by atoms with Crippen LogP contribution in [-0.4, -0.2) is 43.5 Å². The maximum Gasteiger partial charge on any atom is 0.411 e. The average Bonchev–Trinajstić information content (AvgIpc) is 2.76. The van der Waals surface area contributed by atoms with Crippen molar-refractivity contribution in [3.05, 3.63) is 47.5 Å². The Balaban J connectivity index is 1.77. The zero-order valence-corrected chi connectivity index (χ0v) is 17.8. The van der Waals surface area contributed by atoms with Crippen LogP contribution in [0.2, 0.25) is 0 Å². The number of rotatable bonds is 9. The van der Waals surface area contributed by atoms with Crippen LogP contribution in [0.3, 0.4) is 0 Å². The minimum Gasteiger partial charge on any atom is -0.447 e. The minimum atomic E-state index is -0.724. The Morgan fingerprint density at radius 1 is 0.938 bits per heavy atom. The summed E-state index contributed by atoms with van der Waals surface area (Å²) in [6, 6.07) is 9.78. The van der Waals surface area contributed by atoms with Crippen molar-refractivity contribution in [3.63, 3.8) is 0 Å². The molecule has 0 saturated heterocycles. The number of hydrogen-bond acceptors (Lipinski definition) is 8. The molecule has 0 aliphatic rings. The Bertz CT molecular complexity index is 1000. The van der Waals surface area contributed by atoms with Crippen LogP contribution in [0.4, 0.5) is 27.5 Å². The summed E-state index contributed by atoms with van der Waals surface area (Å²) in [5, 5.41) is 5.15. The van der Waals surface area contributed by atoms with Gasteiger partial charge in [-0.2, -0.15) is 9.98 Å². The Labute approximate surface area is 184 Å². The summed E-state index contributed by atoms with van der Waals surface area (Å²) < 4.78 is 10.5. The summed E-state index contributed by atoms with van der Waals surface area (Å²) in [6.07, 6.45) is 1.65. The first-order valence-corrected chi connectivity index (χ1v) is 9.54. The van der Waals surface area contributed by atoms with E-state index in [9.17, 15) is 19.2 Å². The van der Waals surface area contributed by atoms with Crippen molar-refractivity contribution < 1.29 is 28.7 Å². The zero-order valence-electron chi connectivity index (χ0n) is 17.8. The number of carbonyl (C=O) groups is 2. The van der Waals surface area contributed by atoms with E-state index in [1.165, 1.54) is 18.2 Å². The molecule has 2 N–H and O–H groups in total. The fourth-order valence-corrected chi connectivity index (χ4v) is 2.52. The first-order valence-electron chi connectivity index (χ1n) is 9.54. The van der Waals surface area contributed by atoms with Gasteiger partial charge in [-0.05, 0) is 56.2 Å². The fraction of sp³-hybridized carbons (Fsp3) is 0.273. The monoisotopic (exact) mass is 438 g/mol. The lowest BCUT2D eigenvalue weighted by molar-refractivity contribution is -0.122. The highest BCUT2D eigenvalue weighted by Crippen LogP contribution is 2.23. The van der Waals surface area contributed by atoms with Crippen molar-refractivity contribution in [1.29, 1.82) is 0 Å². The van der Waals surface area contributed by atoms with Gasteiger partial charge in [0, 0.05) is 11.4 Å². The van der Waals surface area contributed by atoms with Crippen LogP contribution >= 0.6 is 0 Å². The topological polar surface area (TPSA) is 136 Å². The van der Waals surface area contributed by atoms with Crippen molar-refractivity contribution in [1.82, 2.24) is 0 Å². The molecule has 2 aromatic rings. The van der Waals surface area contributed by atoms with Crippen LogP contribution in [0.1, 0.15) is 18.1 Å². The van der Waals surface area contributed by atoms with Gasteiger partial charge in [0.2, 0.25) is 18.1 Å². The van der Waals surface area contributed by atoms with Crippen LogP contribution < -0.4 is 10.6 Å². The van der Waals surface area contributed by atoms with Gasteiger partial charge in [-0.1, -0.05) is 12.1 Å². The number of aliphatic imine (C=N–C) groups is 2. The molecule has 0 heterocycles. The van der Waals surface area contributed by atoms with E-state index < -0.39 is 18.1 Å². The van der Waals surface area contributed by atoms with Gasteiger partial charge in [0.05, 0.1) is 17.5 Å². The molecule has 0 spiro atoms. The molecule has 1 unspecified atom stereocenters. The molecule has 10 nitrogen and oxygen atoms in total. The molecule has 2 aromatic carbocycles. The predicted molar refractivity (Wildman–Crippen MR) is 117 cm³/mol. The summed E-state index contributed by atoms with van der Waals surface area (Å²) >= 11 is 0. The number of amides is 2. The molecule has 2 rings (SSSR count). The second-order valence-electron chi connectivity index (χ2n) is 6.80. The van der Waals surface area contributed by atoms with Gasteiger partial charge in [0.1, 0.15) is 13.2 Å². The minimum absolute atomic E-state index is 0.0902. The molecule has 0 saturated carbocycles. The summed E-state index contributed by atoms with van der Waals surface area (Å²) in [4.78, 5) is 52.0. The van der Waals surface area contributed by atoms with Crippen LogP contribution in [0.5, 0.6) is 0 Å². The molecule has 1 atom stereocenters. The third-order valence-corrected chi connectivity index (χ3v) is 4.23. The molecule has 32 heavy (non-hydrogen) atoms. The van der Waals surface area contributed by atoms with Crippen molar-refractivity contribution in [3.8, 4) is 0 Å². The van der Waals surface area contributed by atoms with Gasteiger partial charge in [0.15, 0.2) is 0 Å². The Morgan fingerprint density at radius 3 is 2.00 bits per heavy atom. The highest BCUT2D eigenvalue weighted by atomic mass is 16.6. The fourth-order valence-electron chi connectivity index (χ4n) is 2.52. The normalized spacial score (nSPS) is 10.8. The largest absolute Gasteiger partial charge is 0.447 e. The van der Waals surface area contributed by atoms with Crippen molar-refractivity contribution >= 4 is 46.9 Å². The molecule has 0 fully saturated rings. The maximum absolute atomic E-state index is 12.1. The summed E-state index contributed by atoms with van der Waals surface area (Å²) in [5.41, 5.74) is 3.18. The predicted octanol–water partition coefficient (Wildman–Crippen LogP) is 3.83. The molecule has 0 aliphatic carbocycles. The highest BCUT2D eigenvalue weighted by molar-refractivity contribution is 5.92. The summed E-state index contributed by atoms with van der Waals surface area (Å²) in [6.45, 7) is 4.83. The standard InChI is InChI=1S/C22H22N4O6/c1-14-4-6-17(8-19(14)23-12-27)25-21(29)11-31-16(3)10-32-22(30)26-18-7-5-15(2)20(9-18)24-13-28/h4-9,16H,10-11H2,1-3H3,(H,25,29)(H,26,30). The molecular weight excluding hydrogens is 416 g/mol. The number of hydrogen-bond donors (Lipinski definition) is 2. The Morgan fingerprint density at radius 2 is 1.47 bits per heavy atom. The van der Waals surface area contributed by atoms with Gasteiger partial charge in [0.25, 0.3) is 0 Å². The van der Waals surface area contributed by atoms with E-state index in [1.807, 2.05) is 0 Å². The van der Waals surface area contributed by atoms with Crippen LogP contribution in [-0.2, 0) is 23.9 Å². The molecule has 0 aromatic heterocycles. The molecule has 0 aliphatic heterocycles. The number of benzene rings is 2. The van der Waals surface area contributed by atoms with Gasteiger partial charge in [-0.25, -0.2) is 14.4 Å². The third kappa shape index (κ3) is 7.62. The smallest absolute Gasteiger partial charge is 0.411 e. The Hall–Kier alpha value is -4.10. The summed E-state index contributed by atoms with van der Waals surface area (Å²) in [7, 11) is 0. The number of anilines is 2. The first-order chi connectivity index (χ1) is 15.3. The third-order valence-electron chi connectivity index (χ3n) is 4.23. The van der Waals surface area contributed by atoms with Crippen molar-refractivity contribution in [2.24, 2.45) is 9.98 Å². The molecule has 10 heteroatoms. The molecule has 2 amide bonds. The van der Waals surface area contributed by atoms with Gasteiger partial charge < -0.3 is 14.8 Å². The first kappa shape index (κ1) is 24.2. The van der Waals surface area contributed by atoms with Crippen molar-refractivity contribution in [2.75, 3.05) is 23.8 Å². The van der Waals surface area contributed by atoms with Gasteiger partial charge >= 0.3 is 6.09 Å². The molecule has 166 valence electrons. The van der Waals surface area contributed by atoms with E-state index in [0.717, 1.165) is 11.1 Å². The second kappa shape index (κ2) is 11.9. The van der Waals surface area contributed by atoms with E-state index in [2.05, 4.69) is 20.6 Å². The molecular formula is C22H22N4O6. The Kier molecular flexibility index (Phi) is 9.01. The summed E-state index contributed by atoms with van der Waals surface area (Å²) in [5.74, 6) is -0.422. The van der Waals surface area contributed by atoms with Crippen LogP contribution in [0.25, 0.3) is 0 Å². The van der Waals surface area contributed by atoms with E-state index in [1.54, 1.807) is 51.1 Å². The van der Waals surface area contributed by atoms with E-state index in [4.69, 9.17) is 9.47 Å². The number of carbonyl (C=O) groups excluding carboxylic acids is 4. The van der Waals surface area contributed by atoms with E-state index >= 15 is 0 Å². The van der Waals surface area contributed by atoms with Gasteiger partial charge in [-0.15, -0.1) is 0 Å². The highest BCUT2D eigenvalue weighted by Gasteiger charge is 2.12. The lowest BCUT2D eigenvalue weighted by Gasteiger charge is -2.14.